The van der Waals surface area contributed by atoms with Crippen molar-refractivity contribution in [3.8, 4) is 0 Å². The van der Waals surface area contributed by atoms with Crippen molar-refractivity contribution in [1.82, 2.24) is 4.98 Å². The molecule has 19 heavy (non-hydrogen) atoms. The zero-order valence-electron chi connectivity index (χ0n) is 10.8. The molecule has 0 radical (unpaired) electrons. The summed E-state index contributed by atoms with van der Waals surface area (Å²) in [7, 11) is 0. The van der Waals surface area contributed by atoms with Gasteiger partial charge in [-0.25, -0.2) is 4.98 Å². The van der Waals surface area contributed by atoms with Gasteiger partial charge >= 0.3 is 0 Å². The van der Waals surface area contributed by atoms with Crippen LogP contribution in [0.25, 0.3) is 0 Å². The van der Waals surface area contributed by atoms with Gasteiger partial charge in [-0.2, -0.15) is 0 Å². The number of rotatable bonds is 4. The maximum Gasteiger partial charge on any atom is 0.189 e. The van der Waals surface area contributed by atoms with Crippen LogP contribution in [0.1, 0.15) is 30.2 Å². The molecule has 0 saturated heterocycles. The fourth-order valence-electron chi connectivity index (χ4n) is 1.64. The molecule has 1 heterocycles. The third-order valence-corrected chi connectivity index (χ3v) is 4.06. The molecule has 100 valence electrons. The normalized spacial score (nSPS) is 10.7. The Labute approximate surface area is 121 Å². The van der Waals surface area contributed by atoms with Crippen LogP contribution in [-0.4, -0.2) is 9.97 Å². The number of hydrogen-bond donors (Lipinski definition) is 3. The molecule has 0 amide bonds. The number of aromatic nitrogens is 1. The molecule has 0 fully saturated rings. The summed E-state index contributed by atoms with van der Waals surface area (Å²) in [5.41, 5.74) is 13.6. The third-order valence-electron chi connectivity index (χ3n) is 2.71. The van der Waals surface area contributed by atoms with Crippen LogP contribution in [-0.2, 0) is 0 Å². The number of anilines is 3. The predicted octanol–water partition coefficient (Wildman–Crippen LogP) is 3.23. The van der Waals surface area contributed by atoms with Gasteiger partial charge in [-0.05, 0) is 23.6 Å². The summed E-state index contributed by atoms with van der Waals surface area (Å²) in [6.07, 6.45) is 0. The van der Waals surface area contributed by atoms with E-state index in [1.54, 1.807) is 0 Å². The molecule has 6 heteroatoms. The van der Waals surface area contributed by atoms with Crippen LogP contribution in [0.15, 0.2) is 24.3 Å². The van der Waals surface area contributed by atoms with Crippen LogP contribution in [0.2, 0.25) is 0 Å². The van der Waals surface area contributed by atoms with Crippen molar-refractivity contribution in [3.05, 3.63) is 34.7 Å². The molecule has 0 saturated carbocycles. The smallest absolute Gasteiger partial charge is 0.189 e. The molecular formula is C13H16N4S2. The van der Waals surface area contributed by atoms with Gasteiger partial charge in [0.25, 0.3) is 0 Å². The van der Waals surface area contributed by atoms with E-state index in [0.29, 0.717) is 21.7 Å². The lowest BCUT2D eigenvalue weighted by atomic mass is 10.0. The van der Waals surface area contributed by atoms with E-state index in [9.17, 15) is 0 Å². The summed E-state index contributed by atoms with van der Waals surface area (Å²) in [5.74, 6) is 0.893. The maximum atomic E-state index is 5.75. The Morgan fingerprint density at radius 2 is 1.95 bits per heavy atom. The molecule has 0 atom stereocenters. The van der Waals surface area contributed by atoms with Crippen molar-refractivity contribution in [2.45, 2.75) is 19.8 Å². The van der Waals surface area contributed by atoms with Gasteiger partial charge in [0.15, 0.2) is 5.13 Å². The quantitative estimate of drug-likeness (QED) is 0.754. The molecule has 1 aromatic heterocycles. The minimum absolute atomic E-state index is 0.276. The fourth-order valence-corrected chi connectivity index (χ4v) is 2.62. The monoisotopic (exact) mass is 292 g/mol. The Morgan fingerprint density at radius 3 is 2.42 bits per heavy atom. The van der Waals surface area contributed by atoms with Crippen molar-refractivity contribution in [3.63, 3.8) is 0 Å². The Bertz CT molecular complexity index is 587. The highest BCUT2D eigenvalue weighted by Crippen LogP contribution is 2.28. The van der Waals surface area contributed by atoms with E-state index in [2.05, 4.69) is 36.3 Å². The largest absolute Gasteiger partial charge is 0.389 e. The number of nitrogens with zero attached hydrogens (tertiary/aromatic N) is 1. The van der Waals surface area contributed by atoms with Gasteiger partial charge in [0.2, 0.25) is 0 Å². The second-order valence-electron chi connectivity index (χ2n) is 4.50. The van der Waals surface area contributed by atoms with Crippen LogP contribution in [0.5, 0.6) is 0 Å². The van der Waals surface area contributed by atoms with Crippen LogP contribution in [0.4, 0.5) is 16.6 Å². The summed E-state index contributed by atoms with van der Waals surface area (Å²) in [5, 5.41) is 3.89. The molecule has 0 aliphatic carbocycles. The van der Waals surface area contributed by atoms with E-state index in [0.717, 1.165) is 5.69 Å². The lowest BCUT2D eigenvalue weighted by molar-refractivity contribution is 0.867. The molecule has 0 aliphatic heterocycles. The molecule has 5 N–H and O–H groups in total. The topological polar surface area (TPSA) is 77.0 Å². The number of nitrogens with one attached hydrogen (secondary N) is 1. The SMILES string of the molecule is CC(C)c1ccc(Nc2nc(N)c(C(N)=S)s2)cc1. The zero-order valence-corrected chi connectivity index (χ0v) is 12.4. The fraction of sp³-hybridized carbons (Fsp3) is 0.231. The Kier molecular flexibility index (Phi) is 4.01. The first-order valence-electron chi connectivity index (χ1n) is 5.90. The van der Waals surface area contributed by atoms with Gasteiger partial charge in [0.1, 0.15) is 15.7 Å². The first-order valence-corrected chi connectivity index (χ1v) is 7.13. The minimum atomic E-state index is 0.276. The van der Waals surface area contributed by atoms with E-state index in [-0.39, 0.29) is 4.99 Å². The third kappa shape index (κ3) is 3.21. The second kappa shape index (κ2) is 5.54. The lowest BCUT2D eigenvalue weighted by Gasteiger charge is -2.07. The molecular weight excluding hydrogens is 276 g/mol. The first kappa shape index (κ1) is 13.8. The average Bonchev–Trinajstić information content (AvgIpc) is 2.71. The molecule has 4 nitrogen and oxygen atoms in total. The summed E-state index contributed by atoms with van der Waals surface area (Å²) < 4.78 is 0. The van der Waals surface area contributed by atoms with Gasteiger partial charge in [-0.15, -0.1) is 0 Å². The summed E-state index contributed by atoms with van der Waals surface area (Å²) >= 11 is 6.27. The number of thiocarbonyl (C=S) groups is 1. The summed E-state index contributed by atoms with van der Waals surface area (Å²) in [6.45, 7) is 4.33. The van der Waals surface area contributed by atoms with Crippen molar-refractivity contribution in [2.75, 3.05) is 11.1 Å². The van der Waals surface area contributed by atoms with Gasteiger partial charge in [0.05, 0.1) is 0 Å². The standard InChI is InChI=1S/C13H16N4S2/c1-7(2)8-3-5-9(6-4-8)16-13-17-11(14)10(19-13)12(15)18/h3-7H,14H2,1-2H3,(H2,15,18)(H,16,17). The highest BCUT2D eigenvalue weighted by atomic mass is 32.1. The number of hydrogen-bond acceptors (Lipinski definition) is 5. The number of nitrogen functional groups attached to an aromatic ring is 1. The van der Waals surface area contributed by atoms with Crippen molar-refractivity contribution < 1.29 is 0 Å². The van der Waals surface area contributed by atoms with E-state index < -0.39 is 0 Å². The van der Waals surface area contributed by atoms with E-state index >= 15 is 0 Å². The Hall–Kier alpha value is -1.66. The Balaban J connectivity index is 2.17. The van der Waals surface area contributed by atoms with Crippen LogP contribution < -0.4 is 16.8 Å². The molecule has 2 aromatic rings. The molecule has 0 bridgehead atoms. The van der Waals surface area contributed by atoms with Crippen molar-refractivity contribution in [1.29, 1.82) is 0 Å². The average molecular weight is 292 g/mol. The number of benzene rings is 1. The number of thiazole rings is 1. The van der Waals surface area contributed by atoms with Gasteiger partial charge in [-0.1, -0.05) is 49.5 Å². The minimum Gasteiger partial charge on any atom is -0.389 e. The van der Waals surface area contributed by atoms with Gasteiger partial charge in [0, 0.05) is 5.69 Å². The van der Waals surface area contributed by atoms with Crippen molar-refractivity contribution in [2.24, 2.45) is 5.73 Å². The van der Waals surface area contributed by atoms with Crippen LogP contribution in [0.3, 0.4) is 0 Å². The van der Waals surface area contributed by atoms with Gasteiger partial charge < -0.3 is 16.8 Å². The van der Waals surface area contributed by atoms with E-state index in [1.165, 1.54) is 16.9 Å². The predicted molar refractivity (Wildman–Crippen MR) is 86.2 cm³/mol. The molecule has 0 spiro atoms. The highest BCUT2D eigenvalue weighted by Gasteiger charge is 2.10. The maximum absolute atomic E-state index is 5.75. The van der Waals surface area contributed by atoms with Crippen LogP contribution in [0, 0.1) is 0 Å². The summed E-state index contributed by atoms with van der Waals surface area (Å²) in [6, 6.07) is 8.23. The number of nitrogens with two attached hydrogens (primary N) is 2. The summed E-state index contributed by atoms with van der Waals surface area (Å²) in [4.78, 5) is 5.13. The van der Waals surface area contributed by atoms with Crippen molar-refractivity contribution >= 4 is 45.2 Å². The van der Waals surface area contributed by atoms with Crippen LogP contribution >= 0.6 is 23.6 Å². The zero-order chi connectivity index (χ0) is 14.0. The Morgan fingerprint density at radius 1 is 1.32 bits per heavy atom. The molecule has 2 rings (SSSR count). The lowest BCUT2D eigenvalue weighted by Crippen LogP contribution is -2.09. The van der Waals surface area contributed by atoms with E-state index in [1.807, 2.05) is 12.1 Å². The highest BCUT2D eigenvalue weighted by molar-refractivity contribution is 7.81. The molecule has 0 unspecified atom stereocenters. The second-order valence-corrected chi connectivity index (χ2v) is 5.94. The van der Waals surface area contributed by atoms with Gasteiger partial charge in [-0.3, -0.25) is 0 Å². The molecule has 0 aliphatic rings. The first-order chi connectivity index (χ1) is 8.97. The van der Waals surface area contributed by atoms with E-state index in [4.69, 9.17) is 23.7 Å². The molecule has 1 aromatic carbocycles.